The Hall–Kier alpha value is -3.40. The Morgan fingerprint density at radius 3 is 2.12 bits per heavy atom. The molecule has 178 valence electrons. The molecule has 0 aliphatic carbocycles. The first-order valence-electron chi connectivity index (χ1n) is 12.2. The van der Waals surface area contributed by atoms with Gasteiger partial charge in [0, 0.05) is 25.9 Å². The van der Waals surface area contributed by atoms with Crippen molar-refractivity contribution in [3.63, 3.8) is 0 Å². The fourth-order valence-electron chi connectivity index (χ4n) is 4.15. The highest BCUT2D eigenvalue weighted by atomic mass is 16.2. The van der Waals surface area contributed by atoms with Crippen molar-refractivity contribution in [1.29, 1.82) is 0 Å². The fourth-order valence-corrected chi connectivity index (χ4v) is 4.15. The van der Waals surface area contributed by atoms with Crippen molar-refractivity contribution < 1.29 is 9.59 Å². The maximum Gasteiger partial charge on any atom is 0.243 e. The van der Waals surface area contributed by atoms with E-state index in [1.807, 2.05) is 68.4 Å². The Morgan fingerprint density at radius 1 is 0.824 bits per heavy atom. The van der Waals surface area contributed by atoms with Gasteiger partial charge in [-0.3, -0.25) is 9.59 Å². The summed E-state index contributed by atoms with van der Waals surface area (Å²) >= 11 is 0. The summed E-state index contributed by atoms with van der Waals surface area (Å²) in [5, 5.41) is 2.96. The van der Waals surface area contributed by atoms with Crippen molar-refractivity contribution in [2.45, 2.75) is 59.0 Å². The minimum absolute atomic E-state index is 0.00462. The second-order valence-corrected chi connectivity index (χ2v) is 8.72. The van der Waals surface area contributed by atoms with Crippen molar-refractivity contribution in [3.8, 4) is 0 Å². The van der Waals surface area contributed by atoms with Crippen LogP contribution in [0.2, 0.25) is 0 Å². The first-order chi connectivity index (χ1) is 16.5. The number of carbonyl (C=O) groups is 2. The number of amides is 2. The molecular formula is C30H36N2O2. The quantitative estimate of drug-likeness (QED) is 0.428. The average Bonchev–Trinajstić information content (AvgIpc) is 2.86. The molecule has 0 saturated heterocycles. The van der Waals surface area contributed by atoms with E-state index in [4.69, 9.17) is 0 Å². The van der Waals surface area contributed by atoms with Crippen molar-refractivity contribution in [3.05, 3.63) is 107 Å². The van der Waals surface area contributed by atoms with Crippen molar-refractivity contribution in [1.82, 2.24) is 10.2 Å². The number of hydrogen-bond donors (Lipinski definition) is 1. The van der Waals surface area contributed by atoms with Crippen LogP contribution in [0.1, 0.15) is 48.1 Å². The zero-order valence-electron chi connectivity index (χ0n) is 20.6. The first-order valence-corrected chi connectivity index (χ1v) is 12.2. The van der Waals surface area contributed by atoms with E-state index < -0.39 is 6.04 Å². The Labute approximate surface area is 204 Å². The minimum atomic E-state index is -0.572. The van der Waals surface area contributed by atoms with Crippen LogP contribution in [0.4, 0.5) is 0 Å². The number of rotatable bonds is 11. The number of nitrogens with one attached hydrogen (secondary N) is 1. The summed E-state index contributed by atoms with van der Waals surface area (Å²) < 4.78 is 0. The van der Waals surface area contributed by atoms with Gasteiger partial charge in [0.15, 0.2) is 0 Å². The average molecular weight is 457 g/mol. The second kappa shape index (κ2) is 12.7. The van der Waals surface area contributed by atoms with Gasteiger partial charge in [-0.15, -0.1) is 0 Å². The molecule has 2 amide bonds. The number of hydrogen-bond acceptors (Lipinski definition) is 2. The predicted molar refractivity (Wildman–Crippen MR) is 138 cm³/mol. The summed E-state index contributed by atoms with van der Waals surface area (Å²) in [6, 6.07) is 25.9. The summed E-state index contributed by atoms with van der Waals surface area (Å²) in [5.41, 5.74) is 5.64. The standard InChI is InChI=1S/C30H36N2O2/c1-4-24-15-17-25(18-16-24)19-20-29(33)32(22-27-14-10-9-11-23(27)3)28(30(34)31-5-2)21-26-12-7-6-8-13-26/h6-18,28H,4-5,19-22H2,1-3H3,(H,31,34)/t28-/m0/s1. The van der Waals surface area contributed by atoms with Crippen LogP contribution in [0.5, 0.6) is 0 Å². The monoisotopic (exact) mass is 456 g/mol. The van der Waals surface area contributed by atoms with Gasteiger partial charge in [0.2, 0.25) is 11.8 Å². The Bertz CT molecular complexity index is 1060. The van der Waals surface area contributed by atoms with E-state index in [2.05, 4.69) is 36.5 Å². The molecule has 0 radical (unpaired) electrons. The molecule has 0 heterocycles. The fraction of sp³-hybridized carbons (Fsp3) is 0.333. The lowest BCUT2D eigenvalue weighted by Crippen LogP contribution is -2.50. The van der Waals surface area contributed by atoms with Gasteiger partial charge in [-0.05, 0) is 54.5 Å². The van der Waals surface area contributed by atoms with E-state index >= 15 is 0 Å². The van der Waals surface area contributed by atoms with Gasteiger partial charge >= 0.3 is 0 Å². The van der Waals surface area contributed by atoms with Crippen LogP contribution in [-0.2, 0) is 35.4 Å². The van der Waals surface area contributed by atoms with Gasteiger partial charge in [-0.1, -0.05) is 85.8 Å². The molecule has 0 fully saturated rings. The second-order valence-electron chi connectivity index (χ2n) is 8.72. The molecule has 0 aliphatic rings. The molecule has 0 aliphatic heterocycles. The van der Waals surface area contributed by atoms with E-state index in [0.29, 0.717) is 32.4 Å². The van der Waals surface area contributed by atoms with Gasteiger partial charge in [0.25, 0.3) is 0 Å². The van der Waals surface area contributed by atoms with Crippen LogP contribution in [-0.4, -0.2) is 29.3 Å². The van der Waals surface area contributed by atoms with Gasteiger partial charge in [-0.2, -0.15) is 0 Å². The van der Waals surface area contributed by atoms with Crippen LogP contribution >= 0.6 is 0 Å². The topological polar surface area (TPSA) is 49.4 Å². The maximum atomic E-state index is 13.6. The molecule has 0 aromatic heterocycles. The molecular weight excluding hydrogens is 420 g/mol. The molecule has 0 saturated carbocycles. The van der Waals surface area contributed by atoms with Gasteiger partial charge in [0.1, 0.15) is 6.04 Å². The molecule has 3 aromatic carbocycles. The molecule has 34 heavy (non-hydrogen) atoms. The van der Waals surface area contributed by atoms with Crippen molar-refractivity contribution in [2.24, 2.45) is 0 Å². The third kappa shape index (κ3) is 7.05. The van der Waals surface area contributed by atoms with Crippen molar-refractivity contribution in [2.75, 3.05) is 6.54 Å². The lowest BCUT2D eigenvalue weighted by Gasteiger charge is -2.32. The van der Waals surface area contributed by atoms with Gasteiger partial charge in [0.05, 0.1) is 0 Å². The number of carbonyl (C=O) groups excluding carboxylic acids is 2. The molecule has 1 atom stereocenters. The normalized spacial score (nSPS) is 11.6. The molecule has 0 unspecified atom stereocenters. The molecule has 4 heteroatoms. The lowest BCUT2D eigenvalue weighted by molar-refractivity contribution is -0.141. The van der Waals surface area contributed by atoms with Crippen LogP contribution in [0.25, 0.3) is 0 Å². The third-order valence-corrected chi connectivity index (χ3v) is 6.28. The Morgan fingerprint density at radius 2 is 1.47 bits per heavy atom. The van der Waals surface area contributed by atoms with Crippen LogP contribution in [0.3, 0.4) is 0 Å². The summed E-state index contributed by atoms with van der Waals surface area (Å²) in [7, 11) is 0. The smallest absolute Gasteiger partial charge is 0.243 e. The predicted octanol–water partition coefficient (Wildman–Crippen LogP) is 5.27. The Balaban J connectivity index is 1.87. The van der Waals surface area contributed by atoms with E-state index in [0.717, 1.165) is 28.7 Å². The number of benzene rings is 3. The number of nitrogens with zero attached hydrogens (tertiary/aromatic N) is 1. The molecule has 4 nitrogen and oxygen atoms in total. The van der Waals surface area contributed by atoms with Crippen LogP contribution < -0.4 is 5.32 Å². The number of likely N-dealkylation sites (N-methyl/N-ethyl adjacent to an activating group) is 1. The van der Waals surface area contributed by atoms with E-state index in [9.17, 15) is 9.59 Å². The lowest BCUT2D eigenvalue weighted by atomic mass is 10.00. The summed E-state index contributed by atoms with van der Waals surface area (Å²) in [6.07, 6.45) is 2.50. The molecule has 3 rings (SSSR count). The highest BCUT2D eigenvalue weighted by molar-refractivity contribution is 5.88. The molecule has 0 bridgehead atoms. The first kappa shape index (κ1) is 25.2. The SMILES string of the molecule is CCNC(=O)[C@H](Cc1ccccc1)N(Cc1ccccc1C)C(=O)CCc1ccc(CC)cc1. The summed E-state index contributed by atoms with van der Waals surface area (Å²) in [6.45, 7) is 7.03. The van der Waals surface area contributed by atoms with E-state index in [-0.39, 0.29) is 11.8 Å². The molecule has 0 spiro atoms. The zero-order valence-corrected chi connectivity index (χ0v) is 20.6. The van der Waals surface area contributed by atoms with Gasteiger partial charge in [-0.25, -0.2) is 0 Å². The molecule has 1 N–H and O–H groups in total. The van der Waals surface area contributed by atoms with Crippen molar-refractivity contribution >= 4 is 11.8 Å². The summed E-state index contributed by atoms with van der Waals surface area (Å²) in [5.74, 6) is -0.115. The van der Waals surface area contributed by atoms with Crippen LogP contribution in [0, 0.1) is 6.92 Å². The number of aryl methyl sites for hydroxylation is 3. The Kier molecular flexibility index (Phi) is 9.45. The third-order valence-electron chi connectivity index (χ3n) is 6.28. The molecule has 3 aromatic rings. The minimum Gasteiger partial charge on any atom is -0.355 e. The van der Waals surface area contributed by atoms with Gasteiger partial charge < -0.3 is 10.2 Å². The highest BCUT2D eigenvalue weighted by Crippen LogP contribution is 2.19. The zero-order chi connectivity index (χ0) is 24.3. The highest BCUT2D eigenvalue weighted by Gasteiger charge is 2.30. The maximum absolute atomic E-state index is 13.6. The van der Waals surface area contributed by atoms with E-state index in [1.54, 1.807) is 4.90 Å². The van der Waals surface area contributed by atoms with E-state index in [1.165, 1.54) is 5.56 Å². The van der Waals surface area contributed by atoms with Crippen LogP contribution in [0.15, 0.2) is 78.9 Å². The summed E-state index contributed by atoms with van der Waals surface area (Å²) in [4.78, 5) is 28.6. The largest absolute Gasteiger partial charge is 0.355 e.